The number of nitro groups is 1. The highest BCUT2D eigenvalue weighted by Crippen LogP contribution is 2.32. The van der Waals surface area contributed by atoms with Crippen molar-refractivity contribution in [3.8, 4) is 0 Å². The first-order valence-electron chi connectivity index (χ1n) is 16.7. The van der Waals surface area contributed by atoms with Crippen molar-refractivity contribution in [1.82, 2.24) is 10.2 Å². The number of likely N-dealkylation sites (N-methyl/N-ethyl adjacent to an activating group) is 1. The molecule has 0 aromatic heterocycles. The summed E-state index contributed by atoms with van der Waals surface area (Å²) in [5.74, 6) is 0. The van der Waals surface area contributed by atoms with Gasteiger partial charge in [-0.25, -0.2) is 16.8 Å². The van der Waals surface area contributed by atoms with Crippen molar-refractivity contribution < 1.29 is 21.8 Å². The fourth-order valence-electron chi connectivity index (χ4n) is 5.89. The largest absolute Gasteiger partial charge is 0.397 e. The third kappa shape index (κ3) is 11.8. The highest BCUT2D eigenvalue weighted by molar-refractivity contribution is 7.93. The molecule has 0 bridgehead atoms. The molecule has 5 N–H and O–H groups in total. The van der Waals surface area contributed by atoms with E-state index in [2.05, 4.69) is 31.6 Å². The maximum Gasteiger partial charge on any atom is 0.293 e. The number of para-hydroxylation sites is 2. The lowest BCUT2D eigenvalue weighted by molar-refractivity contribution is -0.384. The Hall–Kier alpha value is -4.32. The van der Waals surface area contributed by atoms with E-state index >= 15 is 0 Å². The van der Waals surface area contributed by atoms with Crippen molar-refractivity contribution in [3.63, 3.8) is 0 Å². The number of nitrogens with two attached hydrogens (primary N) is 1. The Morgan fingerprint density at radius 2 is 1.19 bits per heavy atom. The van der Waals surface area contributed by atoms with Gasteiger partial charge in [-0.05, 0) is 87.6 Å². The van der Waals surface area contributed by atoms with Crippen LogP contribution in [0.5, 0.6) is 0 Å². The van der Waals surface area contributed by atoms with Crippen molar-refractivity contribution in [1.29, 1.82) is 0 Å². The summed E-state index contributed by atoms with van der Waals surface area (Å²) in [7, 11) is -5.46. The van der Waals surface area contributed by atoms with Crippen LogP contribution in [0.4, 0.5) is 34.1 Å². The molecule has 0 spiro atoms. The Kier molecular flexibility index (Phi) is 16.0. The molecule has 53 heavy (non-hydrogen) atoms. The van der Waals surface area contributed by atoms with Crippen LogP contribution < -0.4 is 30.3 Å². The summed E-state index contributed by atoms with van der Waals surface area (Å²) in [6.45, 7) is 6.73. The lowest BCUT2D eigenvalue weighted by Gasteiger charge is -2.24. The SMILES string of the molecule is CN1CCCN(c2ccc(S(=O)(=O)Nc3ccccc3)cc2N)CC1.Cl.Cl.O=[N+]([O-])c1cc(S(=O)(=O)Nc2ccccc2)ccc1N1CCCNCC1. The molecule has 2 aliphatic heterocycles. The van der Waals surface area contributed by atoms with Crippen LogP contribution in [-0.2, 0) is 20.0 Å². The fourth-order valence-corrected chi connectivity index (χ4v) is 8.06. The first-order chi connectivity index (χ1) is 24.4. The average molecular weight is 810 g/mol. The first-order valence-corrected chi connectivity index (χ1v) is 19.6. The molecular weight excluding hydrogens is 763 g/mol. The molecule has 0 unspecified atom stereocenters. The molecule has 0 saturated carbocycles. The summed E-state index contributed by atoms with van der Waals surface area (Å²) in [6.07, 6.45) is 1.93. The highest BCUT2D eigenvalue weighted by atomic mass is 35.5. The Labute approximate surface area is 323 Å². The highest BCUT2D eigenvalue weighted by Gasteiger charge is 2.25. The van der Waals surface area contributed by atoms with E-state index in [1.165, 1.54) is 18.2 Å². The summed E-state index contributed by atoms with van der Waals surface area (Å²) >= 11 is 0. The smallest absolute Gasteiger partial charge is 0.293 e. The summed E-state index contributed by atoms with van der Waals surface area (Å²) in [5.41, 5.74) is 8.73. The van der Waals surface area contributed by atoms with Gasteiger partial charge >= 0.3 is 0 Å². The second-order valence-electron chi connectivity index (χ2n) is 12.3. The Morgan fingerprint density at radius 3 is 1.75 bits per heavy atom. The summed E-state index contributed by atoms with van der Waals surface area (Å²) in [5, 5.41) is 14.8. The molecule has 2 heterocycles. The molecule has 4 aromatic rings. The van der Waals surface area contributed by atoms with E-state index in [1.807, 2.05) is 11.0 Å². The molecule has 0 atom stereocenters. The quantitative estimate of drug-likeness (QED) is 0.0985. The van der Waals surface area contributed by atoms with E-state index < -0.39 is 25.0 Å². The van der Waals surface area contributed by atoms with Gasteiger partial charge in [0.05, 0.1) is 26.1 Å². The topological polar surface area (TPSA) is 183 Å². The van der Waals surface area contributed by atoms with Crippen molar-refractivity contribution in [2.24, 2.45) is 0 Å². The molecule has 288 valence electrons. The van der Waals surface area contributed by atoms with Crippen LogP contribution in [-0.4, -0.2) is 86.1 Å². The van der Waals surface area contributed by atoms with Gasteiger partial charge < -0.3 is 25.8 Å². The zero-order valence-corrected chi connectivity index (χ0v) is 32.5. The third-order valence-corrected chi connectivity index (χ3v) is 11.3. The molecule has 2 fully saturated rings. The monoisotopic (exact) mass is 808 g/mol. The number of nitrogens with zero attached hydrogens (tertiary/aromatic N) is 4. The second kappa shape index (κ2) is 19.7. The number of sulfonamides is 2. The molecule has 2 saturated heterocycles. The van der Waals surface area contributed by atoms with Crippen LogP contribution >= 0.6 is 24.8 Å². The Balaban J connectivity index is 0.000000275. The molecule has 14 nitrogen and oxygen atoms in total. The van der Waals surface area contributed by atoms with Crippen molar-refractivity contribution >= 4 is 79.0 Å². The number of nitro benzene ring substituents is 1. The normalized spacial score (nSPS) is 15.3. The van der Waals surface area contributed by atoms with Crippen molar-refractivity contribution in [2.75, 3.05) is 84.4 Å². The van der Waals surface area contributed by atoms with Gasteiger partial charge in [-0.1, -0.05) is 36.4 Å². The van der Waals surface area contributed by atoms with E-state index in [0.29, 0.717) is 35.8 Å². The lowest BCUT2D eigenvalue weighted by atomic mass is 10.2. The second-order valence-corrected chi connectivity index (χ2v) is 15.7. The van der Waals surface area contributed by atoms with Gasteiger partial charge in [0.1, 0.15) is 5.69 Å². The Bertz CT molecular complexity index is 2010. The van der Waals surface area contributed by atoms with Gasteiger partial charge in [-0.2, -0.15) is 0 Å². The van der Waals surface area contributed by atoms with Crippen molar-refractivity contribution in [2.45, 2.75) is 22.6 Å². The Morgan fingerprint density at radius 1 is 0.660 bits per heavy atom. The number of nitrogens with one attached hydrogen (secondary N) is 3. The van der Waals surface area contributed by atoms with Crippen LogP contribution in [0, 0.1) is 10.1 Å². The van der Waals surface area contributed by atoms with E-state index in [1.54, 1.807) is 66.7 Å². The van der Waals surface area contributed by atoms with E-state index in [9.17, 15) is 26.9 Å². The van der Waals surface area contributed by atoms with Crippen LogP contribution in [0.1, 0.15) is 12.8 Å². The predicted octanol–water partition coefficient (Wildman–Crippen LogP) is 5.25. The fraction of sp³-hybridized carbons (Fsp3) is 0.314. The molecule has 2 aliphatic rings. The van der Waals surface area contributed by atoms with Gasteiger partial charge in [0, 0.05) is 56.7 Å². The van der Waals surface area contributed by atoms with Gasteiger partial charge in [-0.15, -0.1) is 24.8 Å². The molecule has 0 amide bonds. The maximum atomic E-state index is 12.6. The number of rotatable bonds is 9. The summed E-state index contributed by atoms with van der Waals surface area (Å²) in [4.78, 5) is 17.5. The van der Waals surface area contributed by atoms with Crippen molar-refractivity contribution in [3.05, 3.63) is 107 Å². The molecule has 4 aromatic carbocycles. The lowest BCUT2D eigenvalue weighted by Crippen LogP contribution is -2.29. The van der Waals surface area contributed by atoms with E-state index in [-0.39, 0.29) is 40.3 Å². The van der Waals surface area contributed by atoms with Gasteiger partial charge in [-0.3, -0.25) is 19.6 Å². The number of anilines is 5. The zero-order valence-electron chi connectivity index (χ0n) is 29.3. The van der Waals surface area contributed by atoms with Crippen LogP contribution in [0.25, 0.3) is 0 Å². The van der Waals surface area contributed by atoms with Crippen LogP contribution in [0.2, 0.25) is 0 Å². The zero-order chi connectivity index (χ0) is 36.4. The molecule has 0 radical (unpaired) electrons. The van der Waals surface area contributed by atoms with Crippen LogP contribution in [0.3, 0.4) is 0 Å². The summed E-state index contributed by atoms with van der Waals surface area (Å²) < 4.78 is 55.2. The number of halogens is 2. The number of benzene rings is 4. The standard InChI is InChI=1S/C18H24N4O2S.C17H20N4O4S.2ClH/c1-21-10-5-11-22(13-12-21)18-9-8-16(14-17(18)19)25(23,24)20-15-6-3-2-4-7-15;22-21(23)17-13-15(26(24,25)19-14-5-2-1-3-6-14)7-8-16(17)20-11-4-9-18-10-12-20;;/h2-4,6-9,14,20H,5,10-13,19H2,1H3;1-3,5-8,13,18-19H,4,9-12H2;2*1H. The molecule has 6 rings (SSSR count). The van der Waals surface area contributed by atoms with Crippen LogP contribution in [0.15, 0.2) is 107 Å². The predicted molar refractivity (Wildman–Crippen MR) is 217 cm³/mol. The molecule has 0 aliphatic carbocycles. The first kappa shape index (κ1) is 43.1. The average Bonchev–Trinajstić information content (AvgIpc) is 3.52. The number of nitrogen functional groups attached to an aromatic ring is 1. The summed E-state index contributed by atoms with van der Waals surface area (Å²) in [6, 6.07) is 26.2. The maximum absolute atomic E-state index is 12.6. The third-order valence-electron chi connectivity index (χ3n) is 8.56. The minimum Gasteiger partial charge on any atom is -0.397 e. The number of hydrogen-bond donors (Lipinski definition) is 4. The molecule has 18 heteroatoms. The van der Waals surface area contributed by atoms with E-state index in [4.69, 9.17) is 5.73 Å². The minimum absolute atomic E-state index is 0. The minimum atomic E-state index is -3.91. The van der Waals surface area contributed by atoms with Gasteiger partial charge in [0.25, 0.3) is 25.7 Å². The molecular formula is C35H46Cl2N8O6S2. The van der Waals surface area contributed by atoms with Gasteiger partial charge in [0.15, 0.2) is 0 Å². The number of hydrogen-bond acceptors (Lipinski definition) is 11. The van der Waals surface area contributed by atoms with E-state index in [0.717, 1.165) is 63.9 Å². The van der Waals surface area contributed by atoms with Gasteiger partial charge in [0.2, 0.25) is 0 Å².